The molecule has 0 aromatic carbocycles. The molecule has 0 radical (unpaired) electrons. The maximum Gasteiger partial charge on any atom is 1.00 e. The molecule has 0 unspecified atom stereocenters. The standard InChI is InChI=1S/C12H19N2O3.Li/c1-11(2,3)10-14-13-9(17-10)5-6-12(4)15-7-8-16-12;/h5H,6-8H2,1-4H3;/q-1;+1. The second kappa shape index (κ2) is 5.66. The van der Waals surface area contributed by atoms with E-state index in [-0.39, 0.29) is 24.3 Å². The van der Waals surface area contributed by atoms with E-state index in [0.717, 1.165) is 0 Å². The fourth-order valence-electron chi connectivity index (χ4n) is 1.57. The van der Waals surface area contributed by atoms with E-state index in [4.69, 9.17) is 13.9 Å². The number of hydrogen-bond acceptors (Lipinski definition) is 5. The summed E-state index contributed by atoms with van der Waals surface area (Å²) in [6.45, 7) is 9.30. The first kappa shape index (κ1) is 15.6. The van der Waals surface area contributed by atoms with Gasteiger partial charge in [-0.15, -0.1) is 16.6 Å². The summed E-state index contributed by atoms with van der Waals surface area (Å²) in [5.41, 5.74) is -0.122. The van der Waals surface area contributed by atoms with Gasteiger partial charge in [0.15, 0.2) is 0 Å². The predicted octanol–water partition coefficient (Wildman–Crippen LogP) is -0.923. The van der Waals surface area contributed by atoms with Gasteiger partial charge in [0.25, 0.3) is 0 Å². The number of aromatic nitrogens is 2. The molecule has 0 N–H and O–H groups in total. The van der Waals surface area contributed by atoms with Gasteiger partial charge in [0.1, 0.15) is 5.79 Å². The van der Waals surface area contributed by atoms with Crippen LogP contribution in [0.4, 0.5) is 0 Å². The molecular weight excluding hydrogens is 227 g/mol. The Bertz CT molecular complexity index is 381. The van der Waals surface area contributed by atoms with E-state index in [1.54, 1.807) is 0 Å². The molecule has 0 spiro atoms. The van der Waals surface area contributed by atoms with Crippen molar-refractivity contribution in [2.45, 2.75) is 45.3 Å². The quantitative estimate of drug-likeness (QED) is 0.510. The van der Waals surface area contributed by atoms with E-state index < -0.39 is 5.79 Å². The second-order valence-corrected chi connectivity index (χ2v) is 5.43. The van der Waals surface area contributed by atoms with Crippen LogP contribution < -0.4 is 18.9 Å². The van der Waals surface area contributed by atoms with Crippen LogP contribution in [0.3, 0.4) is 0 Å². The Morgan fingerprint density at radius 2 is 1.83 bits per heavy atom. The summed E-state index contributed by atoms with van der Waals surface area (Å²) in [5, 5.41) is 8.02. The van der Waals surface area contributed by atoms with E-state index in [1.165, 1.54) is 0 Å². The van der Waals surface area contributed by atoms with E-state index in [9.17, 15) is 0 Å². The Morgan fingerprint density at radius 3 is 2.33 bits per heavy atom. The average Bonchev–Trinajstić information content (AvgIpc) is 2.83. The Labute approximate surface area is 120 Å². The molecule has 0 atom stereocenters. The van der Waals surface area contributed by atoms with Crippen molar-refractivity contribution >= 4 is 0 Å². The van der Waals surface area contributed by atoms with Crippen molar-refractivity contribution in [2.75, 3.05) is 13.2 Å². The van der Waals surface area contributed by atoms with E-state index >= 15 is 0 Å². The van der Waals surface area contributed by atoms with Crippen LogP contribution in [0.1, 0.15) is 45.9 Å². The molecule has 1 aromatic heterocycles. The minimum Gasteiger partial charge on any atom is -0.455 e. The third kappa shape index (κ3) is 3.76. The van der Waals surface area contributed by atoms with Crippen molar-refractivity contribution in [2.24, 2.45) is 0 Å². The number of hydrogen-bond donors (Lipinski definition) is 0. The molecule has 1 aliphatic rings. The smallest absolute Gasteiger partial charge is 0.455 e. The summed E-state index contributed by atoms with van der Waals surface area (Å²) in [4.78, 5) is 0. The minimum atomic E-state index is -0.545. The predicted molar refractivity (Wildman–Crippen MR) is 61.3 cm³/mol. The molecule has 1 aromatic rings. The first-order valence-corrected chi connectivity index (χ1v) is 5.84. The van der Waals surface area contributed by atoms with Gasteiger partial charge in [0, 0.05) is 5.41 Å². The summed E-state index contributed by atoms with van der Waals surface area (Å²) in [7, 11) is 0. The van der Waals surface area contributed by atoms with Crippen molar-refractivity contribution in [3.8, 4) is 0 Å². The first-order chi connectivity index (χ1) is 7.89. The average molecular weight is 246 g/mol. The molecule has 18 heavy (non-hydrogen) atoms. The molecule has 1 saturated heterocycles. The van der Waals surface area contributed by atoms with Crippen molar-refractivity contribution in [3.05, 3.63) is 18.2 Å². The van der Waals surface area contributed by atoms with Crippen molar-refractivity contribution < 1.29 is 32.8 Å². The van der Waals surface area contributed by atoms with E-state index in [0.29, 0.717) is 31.4 Å². The summed E-state index contributed by atoms with van der Waals surface area (Å²) in [6.07, 6.45) is 2.46. The molecule has 0 bridgehead atoms. The molecule has 5 nitrogen and oxygen atoms in total. The third-order valence-electron chi connectivity index (χ3n) is 2.63. The Hall–Kier alpha value is -0.473. The monoisotopic (exact) mass is 246 g/mol. The molecular formula is C12H19LiN2O3. The van der Waals surface area contributed by atoms with Gasteiger partial charge in [-0.3, -0.25) is 6.42 Å². The van der Waals surface area contributed by atoms with Gasteiger partial charge in [0.05, 0.1) is 19.1 Å². The molecule has 0 amide bonds. The van der Waals surface area contributed by atoms with Crippen LogP contribution in [0.5, 0.6) is 0 Å². The fourth-order valence-corrected chi connectivity index (χ4v) is 1.57. The van der Waals surface area contributed by atoms with Gasteiger partial charge in [-0.2, -0.15) is 0 Å². The maximum absolute atomic E-state index is 5.56. The van der Waals surface area contributed by atoms with Crippen LogP contribution in [0, 0.1) is 6.42 Å². The van der Waals surface area contributed by atoms with Gasteiger partial charge >= 0.3 is 18.9 Å². The van der Waals surface area contributed by atoms with Crippen LogP contribution in [-0.4, -0.2) is 29.2 Å². The number of ether oxygens (including phenoxy) is 2. The van der Waals surface area contributed by atoms with Gasteiger partial charge < -0.3 is 13.9 Å². The Kier molecular flexibility index (Phi) is 4.90. The van der Waals surface area contributed by atoms with Crippen LogP contribution in [0.15, 0.2) is 4.42 Å². The Balaban J connectivity index is 0.00000162. The van der Waals surface area contributed by atoms with Gasteiger partial charge in [-0.1, -0.05) is 20.8 Å². The zero-order valence-electron chi connectivity index (χ0n) is 11.8. The third-order valence-corrected chi connectivity index (χ3v) is 2.63. The molecule has 2 heterocycles. The van der Waals surface area contributed by atoms with Crippen LogP contribution >= 0.6 is 0 Å². The first-order valence-electron chi connectivity index (χ1n) is 5.84. The summed E-state index contributed by atoms with van der Waals surface area (Å²) < 4.78 is 16.5. The summed E-state index contributed by atoms with van der Waals surface area (Å²) in [5.74, 6) is 0.619. The molecule has 1 aliphatic heterocycles. The fraction of sp³-hybridized carbons (Fsp3) is 0.750. The molecule has 6 heteroatoms. The summed E-state index contributed by atoms with van der Waals surface area (Å²) in [6, 6.07) is 0. The number of nitrogens with zero attached hydrogens (tertiary/aromatic N) is 2. The summed E-state index contributed by atoms with van der Waals surface area (Å²) >= 11 is 0. The van der Waals surface area contributed by atoms with Gasteiger partial charge in [-0.25, -0.2) is 0 Å². The zero-order chi connectivity index (χ0) is 12.5. The minimum absolute atomic E-state index is 0. The van der Waals surface area contributed by atoms with Crippen molar-refractivity contribution in [3.63, 3.8) is 0 Å². The van der Waals surface area contributed by atoms with Gasteiger partial charge in [-0.05, 0) is 6.92 Å². The molecule has 1 fully saturated rings. The normalized spacial score (nSPS) is 18.4. The zero-order valence-corrected chi connectivity index (χ0v) is 11.8. The van der Waals surface area contributed by atoms with Gasteiger partial charge in [0.2, 0.25) is 5.89 Å². The van der Waals surface area contributed by atoms with Crippen LogP contribution in [0.25, 0.3) is 0 Å². The van der Waals surface area contributed by atoms with Crippen LogP contribution in [-0.2, 0) is 14.9 Å². The van der Waals surface area contributed by atoms with Crippen molar-refractivity contribution in [1.29, 1.82) is 0 Å². The molecule has 96 valence electrons. The van der Waals surface area contributed by atoms with E-state index in [1.807, 2.05) is 34.1 Å². The SMILES string of the molecule is CC1(C[CH-]c2nnc(C(C)(C)C)o2)OCCO1.[Li+]. The van der Waals surface area contributed by atoms with Crippen molar-refractivity contribution in [1.82, 2.24) is 10.2 Å². The largest absolute Gasteiger partial charge is 1.00 e. The topological polar surface area (TPSA) is 57.4 Å². The second-order valence-electron chi connectivity index (χ2n) is 5.43. The van der Waals surface area contributed by atoms with E-state index in [2.05, 4.69) is 10.2 Å². The van der Waals surface area contributed by atoms with Crippen LogP contribution in [0.2, 0.25) is 0 Å². The molecule has 0 saturated carbocycles. The number of rotatable bonds is 3. The maximum atomic E-state index is 5.56. The molecule has 0 aliphatic carbocycles. The Morgan fingerprint density at radius 1 is 1.22 bits per heavy atom. The molecule has 2 rings (SSSR count).